The number of nitrogen functional groups attached to an aromatic ring is 1. The lowest BCUT2D eigenvalue weighted by Crippen LogP contribution is -2.43. The third-order valence-electron chi connectivity index (χ3n) is 4.95. The number of benzene rings is 1. The van der Waals surface area contributed by atoms with Crippen LogP contribution >= 0.6 is 24.8 Å². The summed E-state index contributed by atoms with van der Waals surface area (Å²) in [4.78, 5) is 11.2. The van der Waals surface area contributed by atoms with Gasteiger partial charge in [-0.15, -0.1) is 24.8 Å². The number of hydrogen-bond acceptors (Lipinski definition) is 6. The molecular formula is C20H29Cl2F3N6. The number of aromatic nitrogens is 2. The van der Waals surface area contributed by atoms with Gasteiger partial charge < -0.3 is 21.7 Å². The van der Waals surface area contributed by atoms with Crippen molar-refractivity contribution in [1.82, 2.24) is 9.97 Å². The smallest absolute Gasteiger partial charge is 0.398 e. The molecule has 0 saturated carbocycles. The summed E-state index contributed by atoms with van der Waals surface area (Å²) in [6.07, 6.45) is 0.183. The third kappa shape index (κ3) is 7.29. The molecule has 11 heteroatoms. The SMILES string of the molecule is CCCCc1cc(N2CCC[C@@H](N)C2)nc(Nc2ccc(N)c(C(F)(F)F)c2)n1.Cl.Cl. The van der Waals surface area contributed by atoms with E-state index in [0.717, 1.165) is 56.2 Å². The molecule has 0 aliphatic carbocycles. The number of nitrogens with two attached hydrogens (primary N) is 2. The zero-order valence-electron chi connectivity index (χ0n) is 17.3. The molecule has 0 bridgehead atoms. The molecule has 0 spiro atoms. The van der Waals surface area contributed by atoms with Gasteiger partial charge in [0.2, 0.25) is 5.95 Å². The van der Waals surface area contributed by atoms with E-state index >= 15 is 0 Å². The maximum atomic E-state index is 13.2. The highest BCUT2D eigenvalue weighted by Gasteiger charge is 2.33. The topological polar surface area (TPSA) is 93.1 Å². The molecule has 1 aliphatic rings. The fourth-order valence-electron chi connectivity index (χ4n) is 3.41. The van der Waals surface area contributed by atoms with Crippen molar-refractivity contribution in [2.45, 2.75) is 51.2 Å². The molecule has 1 aromatic heterocycles. The number of piperidine rings is 1. The summed E-state index contributed by atoms with van der Waals surface area (Å²) in [6.45, 7) is 3.64. The average Bonchev–Trinajstić information content (AvgIpc) is 2.67. The zero-order chi connectivity index (χ0) is 21.0. The molecule has 3 rings (SSSR count). The first-order valence-corrected chi connectivity index (χ1v) is 9.88. The van der Waals surface area contributed by atoms with Crippen LogP contribution in [0.1, 0.15) is 43.9 Å². The van der Waals surface area contributed by atoms with Crippen LogP contribution in [0.5, 0.6) is 0 Å². The van der Waals surface area contributed by atoms with Crippen LogP contribution in [0.3, 0.4) is 0 Å². The minimum absolute atomic E-state index is 0. The van der Waals surface area contributed by atoms with Crippen LogP contribution in [0.4, 0.5) is 36.3 Å². The standard InChI is InChI=1S/C20H27F3N6.2ClH/c1-2-3-6-14-11-18(29-9-4-5-13(24)12-29)28-19(26-14)27-15-7-8-17(25)16(10-15)20(21,22)23;;/h7-8,10-11,13H,2-6,9,12,24-25H2,1H3,(H,26,27,28);2*1H/t13-;;/m1../s1. The van der Waals surface area contributed by atoms with Gasteiger partial charge >= 0.3 is 6.18 Å². The molecule has 2 aromatic rings. The van der Waals surface area contributed by atoms with E-state index in [1.807, 2.05) is 6.07 Å². The van der Waals surface area contributed by atoms with Gasteiger partial charge in [-0.3, -0.25) is 0 Å². The van der Waals surface area contributed by atoms with Crippen molar-refractivity contribution in [3.63, 3.8) is 0 Å². The van der Waals surface area contributed by atoms with Crippen LogP contribution in [-0.2, 0) is 12.6 Å². The van der Waals surface area contributed by atoms with Crippen molar-refractivity contribution in [3.05, 3.63) is 35.5 Å². The summed E-state index contributed by atoms with van der Waals surface area (Å²) in [5.74, 6) is 1.01. The highest BCUT2D eigenvalue weighted by atomic mass is 35.5. The molecule has 1 aliphatic heterocycles. The Morgan fingerprint density at radius 2 is 1.94 bits per heavy atom. The first kappa shape index (κ1) is 27.1. The van der Waals surface area contributed by atoms with Gasteiger partial charge in [-0.05, 0) is 43.9 Å². The van der Waals surface area contributed by atoms with E-state index < -0.39 is 11.7 Å². The molecule has 6 nitrogen and oxygen atoms in total. The summed E-state index contributed by atoms with van der Waals surface area (Å²) in [7, 11) is 0. The summed E-state index contributed by atoms with van der Waals surface area (Å²) >= 11 is 0. The van der Waals surface area contributed by atoms with Crippen molar-refractivity contribution in [1.29, 1.82) is 0 Å². The largest absolute Gasteiger partial charge is 0.418 e. The Bertz CT molecular complexity index is 850. The molecule has 1 atom stereocenters. The fraction of sp³-hybridized carbons (Fsp3) is 0.500. The number of anilines is 4. The van der Waals surface area contributed by atoms with Gasteiger partial charge in [-0.25, -0.2) is 4.98 Å². The molecule has 31 heavy (non-hydrogen) atoms. The lowest BCUT2D eigenvalue weighted by atomic mass is 10.1. The molecule has 1 saturated heterocycles. The Morgan fingerprint density at radius 1 is 1.19 bits per heavy atom. The number of hydrogen-bond donors (Lipinski definition) is 3. The second kappa shape index (κ2) is 11.6. The molecule has 0 radical (unpaired) electrons. The van der Waals surface area contributed by atoms with Gasteiger partial charge in [-0.2, -0.15) is 18.2 Å². The third-order valence-corrected chi connectivity index (χ3v) is 4.95. The van der Waals surface area contributed by atoms with Crippen LogP contribution in [0.25, 0.3) is 0 Å². The van der Waals surface area contributed by atoms with E-state index in [4.69, 9.17) is 11.5 Å². The van der Waals surface area contributed by atoms with Crippen LogP contribution in [0.2, 0.25) is 0 Å². The van der Waals surface area contributed by atoms with Crippen LogP contribution < -0.4 is 21.7 Å². The Kier molecular flexibility index (Phi) is 10.1. The summed E-state index contributed by atoms with van der Waals surface area (Å²) in [6, 6.07) is 5.73. The number of aryl methyl sites for hydroxylation is 1. The van der Waals surface area contributed by atoms with Gasteiger partial charge in [0, 0.05) is 42.3 Å². The minimum Gasteiger partial charge on any atom is -0.398 e. The molecule has 2 heterocycles. The van der Waals surface area contributed by atoms with Crippen molar-refractivity contribution in [2.24, 2.45) is 5.73 Å². The number of halogens is 5. The Labute approximate surface area is 192 Å². The quantitative estimate of drug-likeness (QED) is 0.507. The lowest BCUT2D eigenvalue weighted by Gasteiger charge is -2.32. The Hall–Kier alpha value is -1.97. The van der Waals surface area contributed by atoms with Crippen molar-refractivity contribution in [2.75, 3.05) is 29.0 Å². The fourth-order valence-corrected chi connectivity index (χ4v) is 3.41. The van der Waals surface area contributed by atoms with Gasteiger partial charge in [-0.1, -0.05) is 13.3 Å². The second-order valence-electron chi connectivity index (χ2n) is 7.42. The molecular weight excluding hydrogens is 452 g/mol. The highest BCUT2D eigenvalue weighted by Crippen LogP contribution is 2.35. The zero-order valence-corrected chi connectivity index (χ0v) is 18.9. The summed E-state index contributed by atoms with van der Waals surface area (Å²) in [5, 5.41) is 2.92. The first-order chi connectivity index (χ1) is 13.8. The lowest BCUT2D eigenvalue weighted by molar-refractivity contribution is -0.136. The minimum atomic E-state index is -4.53. The number of rotatable bonds is 6. The van der Waals surface area contributed by atoms with E-state index in [-0.39, 0.29) is 48.2 Å². The maximum absolute atomic E-state index is 13.2. The van der Waals surface area contributed by atoms with Crippen LogP contribution in [-0.4, -0.2) is 29.1 Å². The number of nitrogens with one attached hydrogen (secondary N) is 1. The molecule has 1 fully saturated rings. The van der Waals surface area contributed by atoms with Gasteiger partial charge in [0.25, 0.3) is 0 Å². The van der Waals surface area contributed by atoms with E-state index in [1.54, 1.807) is 0 Å². The Morgan fingerprint density at radius 3 is 2.58 bits per heavy atom. The van der Waals surface area contributed by atoms with Gasteiger partial charge in [0.05, 0.1) is 5.56 Å². The van der Waals surface area contributed by atoms with Gasteiger partial charge in [0.1, 0.15) is 5.82 Å². The molecule has 174 valence electrons. The number of alkyl halides is 3. The Balaban J connectivity index is 0.00000240. The van der Waals surface area contributed by atoms with E-state index in [9.17, 15) is 13.2 Å². The number of unbranched alkanes of at least 4 members (excludes halogenated alkanes) is 1. The average molecular weight is 481 g/mol. The van der Waals surface area contributed by atoms with E-state index in [0.29, 0.717) is 6.54 Å². The van der Waals surface area contributed by atoms with Gasteiger partial charge in [0.15, 0.2) is 0 Å². The molecule has 5 N–H and O–H groups in total. The predicted octanol–water partition coefficient (Wildman–Crippen LogP) is 4.93. The van der Waals surface area contributed by atoms with Crippen LogP contribution in [0.15, 0.2) is 24.3 Å². The molecule has 0 unspecified atom stereocenters. The van der Waals surface area contributed by atoms with Crippen LogP contribution in [0, 0.1) is 0 Å². The summed E-state index contributed by atoms with van der Waals surface area (Å²) in [5.41, 5.74) is 11.5. The summed E-state index contributed by atoms with van der Waals surface area (Å²) < 4.78 is 39.5. The van der Waals surface area contributed by atoms with Crippen molar-refractivity contribution < 1.29 is 13.2 Å². The normalized spacial score (nSPS) is 16.3. The second-order valence-corrected chi connectivity index (χ2v) is 7.42. The van der Waals surface area contributed by atoms with Crippen molar-refractivity contribution >= 4 is 48.0 Å². The first-order valence-electron chi connectivity index (χ1n) is 9.88. The monoisotopic (exact) mass is 480 g/mol. The molecule has 1 aromatic carbocycles. The predicted molar refractivity (Wildman–Crippen MR) is 124 cm³/mol. The van der Waals surface area contributed by atoms with E-state index in [2.05, 4.69) is 27.1 Å². The van der Waals surface area contributed by atoms with E-state index in [1.165, 1.54) is 12.1 Å². The highest BCUT2D eigenvalue weighted by molar-refractivity contribution is 5.85. The molecule has 0 amide bonds. The van der Waals surface area contributed by atoms with Crippen molar-refractivity contribution in [3.8, 4) is 0 Å². The number of nitrogens with zero attached hydrogens (tertiary/aromatic N) is 3. The maximum Gasteiger partial charge on any atom is 0.418 e.